The molecule has 2 rings (SSSR count). The molecule has 0 atom stereocenters. The summed E-state index contributed by atoms with van der Waals surface area (Å²) >= 11 is 2.25. The molecule has 5 heteroatoms. The second kappa shape index (κ2) is 6.94. The van der Waals surface area contributed by atoms with Crippen molar-refractivity contribution in [2.45, 2.75) is 13.0 Å². The van der Waals surface area contributed by atoms with E-state index in [-0.39, 0.29) is 6.09 Å². The van der Waals surface area contributed by atoms with Crippen molar-refractivity contribution in [1.82, 2.24) is 10.2 Å². The van der Waals surface area contributed by atoms with Gasteiger partial charge in [-0.15, -0.1) is 0 Å². The van der Waals surface area contributed by atoms with Crippen molar-refractivity contribution in [3.63, 3.8) is 0 Å². The van der Waals surface area contributed by atoms with Crippen molar-refractivity contribution in [1.29, 1.82) is 0 Å². The van der Waals surface area contributed by atoms with Crippen LogP contribution in [0.25, 0.3) is 0 Å². The standard InChI is InChI=1S/C13H16IN2O2/c14-12-4-2-11(3-5-12)10-18-13(17)16-8-1-6-15-7-9-16/h2-5H,1,6-10H2. The van der Waals surface area contributed by atoms with E-state index in [4.69, 9.17) is 4.74 Å². The van der Waals surface area contributed by atoms with Gasteiger partial charge < -0.3 is 9.64 Å². The summed E-state index contributed by atoms with van der Waals surface area (Å²) in [4.78, 5) is 13.6. The van der Waals surface area contributed by atoms with Gasteiger partial charge in [-0.2, -0.15) is 0 Å². The van der Waals surface area contributed by atoms with Crippen LogP contribution in [0.15, 0.2) is 24.3 Å². The molecule has 0 N–H and O–H groups in total. The van der Waals surface area contributed by atoms with Gasteiger partial charge in [-0.25, -0.2) is 10.1 Å². The Bertz CT molecular complexity index is 386. The summed E-state index contributed by atoms with van der Waals surface area (Å²) in [5, 5.41) is 4.28. The zero-order valence-corrected chi connectivity index (χ0v) is 12.3. The highest BCUT2D eigenvalue weighted by Gasteiger charge is 2.16. The zero-order valence-electron chi connectivity index (χ0n) is 10.1. The molecule has 1 aromatic rings. The van der Waals surface area contributed by atoms with Crippen LogP contribution in [0, 0.1) is 3.57 Å². The van der Waals surface area contributed by atoms with Gasteiger partial charge in [-0.1, -0.05) is 12.1 Å². The molecule has 0 aromatic heterocycles. The Kier molecular flexibility index (Phi) is 5.25. The lowest BCUT2D eigenvalue weighted by Crippen LogP contribution is -2.34. The predicted molar refractivity (Wildman–Crippen MR) is 77.4 cm³/mol. The summed E-state index contributed by atoms with van der Waals surface area (Å²) in [5.41, 5.74) is 1.02. The third kappa shape index (κ3) is 4.13. The molecule has 1 saturated heterocycles. The molecule has 18 heavy (non-hydrogen) atoms. The number of nitrogens with zero attached hydrogens (tertiary/aromatic N) is 2. The molecular formula is C13H16IN2O2. The molecule has 0 aliphatic carbocycles. The van der Waals surface area contributed by atoms with Gasteiger partial charge in [0.15, 0.2) is 0 Å². The van der Waals surface area contributed by atoms with Crippen LogP contribution in [0.5, 0.6) is 0 Å². The summed E-state index contributed by atoms with van der Waals surface area (Å²) in [6.45, 7) is 3.32. The quantitative estimate of drug-likeness (QED) is 0.761. The number of carbonyl (C=O) groups is 1. The molecule has 0 spiro atoms. The minimum absolute atomic E-state index is 0.231. The normalized spacial score (nSPS) is 16.2. The first kappa shape index (κ1) is 13.6. The smallest absolute Gasteiger partial charge is 0.410 e. The highest BCUT2D eigenvalue weighted by Crippen LogP contribution is 2.09. The van der Waals surface area contributed by atoms with E-state index in [1.54, 1.807) is 4.90 Å². The molecule has 1 amide bonds. The first-order valence-electron chi connectivity index (χ1n) is 6.05. The lowest BCUT2D eigenvalue weighted by molar-refractivity contribution is 0.0984. The van der Waals surface area contributed by atoms with Crippen LogP contribution in [0.2, 0.25) is 0 Å². The average Bonchev–Trinajstić information content (AvgIpc) is 2.66. The molecule has 0 saturated carbocycles. The third-order valence-corrected chi connectivity index (χ3v) is 3.53. The molecule has 97 valence electrons. The second-order valence-electron chi connectivity index (χ2n) is 4.19. The predicted octanol–water partition coefficient (Wildman–Crippen LogP) is 2.24. The summed E-state index contributed by atoms with van der Waals surface area (Å²) in [5.74, 6) is 0. The number of amides is 1. The minimum Gasteiger partial charge on any atom is -0.445 e. The lowest BCUT2D eigenvalue weighted by atomic mass is 10.2. The SMILES string of the molecule is O=C(OCc1ccc(I)cc1)N1CCC[N]CC1. The van der Waals surface area contributed by atoms with E-state index >= 15 is 0 Å². The van der Waals surface area contributed by atoms with Gasteiger partial charge in [0.05, 0.1) is 0 Å². The molecule has 0 bridgehead atoms. The molecule has 1 heterocycles. The molecule has 1 aromatic carbocycles. The van der Waals surface area contributed by atoms with Crippen molar-refractivity contribution in [3.05, 3.63) is 33.4 Å². The third-order valence-electron chi connectivity index (χ3n) is 2.81. The van der Waals surface area contributed by atoms with Crippen LogP contribution in [0.4, 0.5) is 4.79 Å². The Labute approximate surface area is 121 Å². The van der Waals surface area contributed by atoms with E-state index in [1.165, 1.54) is 3.57 Å². The van der Waals surface area contributed by atoms with Crippen molar-refractivity contribution < 1.29 is 9.53 Å². The van der Waals surface area contributed by atoms with Crippen molar-refractivity contribution in [2.24, 2.45) is 0 Å². The fourth-order valence-corrected chi connectivity index (χ4v) is 2.15. The lowest BCUT2D eigenvalue weighted by Gasteiger charge is -2.19. The largest absolute Gasteiger partial charge is 0.445 e. The van der Waals surface area contributed by atoms with E-state index in [2.05, 4.69) is 27.9 Å². The summed E-state index contributed by atoms with van der Waals surface area (Å²) in [7, 11) is 0. The fraction of sp³-hybridized carbons (Fsp3) is 0.462. The maximum atomic E-state index is 11.9. The van der Waals surface area contributed by atoms with E-state index < -0.39 is 0 Å². The number of carbonyl (C=O) groups excluding carboxylic acids is 1. The first-order valence-corrected chi connectivity index (χ1v) is 7.13. The van der Waals surface area contributed by atoms with Crippen LogP contribution >= 0.6 is 22.6 Å². The number of hydrogen-bond acceptors (Lipinski definition) is 2. The van der Waals surface area contributed by atoms with E-state index in [1.807, 2.05) is 24.3 Å². The topological polar surface area (TPSA) is 43.6 Å². The fourth-order valence-electron chi connectivity index (χ4n) is 1.79. The minimum atomic E-state index is -0.231. The number of benzene rings is 1. The number of rotatable bonds is 2. The number of ether oxygens (including phenoxy) is 1. The van der Waals surface area contributed by atoms with Gasteiger partial charge in [0.25, 0.3) is 0 Å². The van der Waals surface area contributed by atoms with Crippen LogP contribution in [-0.4, -0.2) is 37.2 Å². The monoisotopic (exact) mass is 359 g/mol. The maximum Gasteiger partial charge on any atom is 0.410 e. The average molecular weight is 359 g/mol. The van der Waals surface area contributed by atoms with Gasteiger partial charge in [0.1, 0.15) is 6.61 Å². The Morgan fingerprint density at radius 1 is 1.28 bits per heavy atom. The van der Waals surface area contributed by atoms with Crippen LogP contribution in [0.1, 0.15) is 12.0 Å². The molecule has 1 radical (unpaired) electrons. The van der Waals surface area contributed by atoms with Crippen molar-refractivity contribution in [2.75, 3.05) is 26.2 Å². The molecule has 1 aliphatic rings. The van der Waals surface area contributed by atoms with Gasteiger partial charge in [-0.3, -0.25) is 0 Å². The number of halogens is 1. The molecule has 0 unspecified atom stereocenters. The van der Waals surface area contributed by atoms with E-state index in [0.29, 0.717) is 13.2 Å². The second-order valence-corrected chi connectivity index (χ2v) is 5.44. The van der Waals surface area contributed by atoms with Gasteiger partial charge in [0.2, 0.25) is 0 Å². The molecule has 1 fully saturated rings. The van der Waals surface area contributed by atoms with E-state index in [9.17, 15) is 4.79 Å². The Balaban J connectivity index is 1.81. The van der Waals surface area contributed by atoms with Crippen molar-refractivity contribution >= 4 is 28.7 Å². The maximum absolute atomic E-state index is 11.9. The van der Waals surface area contributed by atoms with E-state index in [0.717, 1.165) is 31.6 Å². The Morgan fingerprint density at radius 3 is 2.83 bits per heavy atom. The highest BCUT2D eigenvalue weighted by molar-refractivity contribution is 14.1. The first-order chi connectivity index (χ1) is 8.75. The summed E-state index contributed by atoms with van der Waals surface area (Å²) in [6, 6.07) is 7.97. The zero-order chi connectivity index (χ0) is 12.8. The summed E-state index contributed by atoms with van der Waals surface area (Å²) < 4.78 is 6.48. The van der Waals surface area contributed by atoms with Gasteiger partial charge >= 0.3 is 6.09 Å². The Hall–Kier alpha value is -0.820. The van der Waals surface area contributed by atoms with Crippen LogP contribution in [0.3, 0.4) is 0 Å². The summed E-state index contributed by atoms with van der Waals surface area (Å²) in [6.07, 6.45) is 0.698. The molecule has 1 aliphatic heterocycles. The molecular weight excluding hydrogens is 343 g/mol. The highest BCUT2D eigenvalue weighted by atomic mass is 127. The van der Waals surface area contributed by atoms with Crippen LogP contribution < -0.4 is 5.32 Å². The molecule has 4 nitrogen and oxygen atoms in total. The number of hydrogen-bond donors (Lipinski definition) is 0. The van der Waals surface area contributed by atoms with Gasteiger partial charge in [0, 0.05) is 29.7 Å². The van der Waals surface area contributed by atoms with Gasteiger partial charge in [-0.05, 0) is 46.7 Å². The van der Waals surface area contributed by atoms with Crippen LogP contribution in [-0.2, 0) is 11.3 Å². The Morgan fingerprint density at radius 2 is 2.06 bits per heavy atom. The van der Waals surface area contributed by atoms with Crippen molar-refractivity contribution in [3.8, 4) is 0 Å².